The number of rotatable bonds is 6. The van der Waals surface area contributed by atoms with Gasteiger partial charge in [-0.25, -0.2) is 0 Å². The maximum Gasteiger partial charge on any atom is 0.232 e. The van der Waals surface area contributed by atoms with E-state index >= 15 is 0 Å². The zero-order valence-electron chi connectivity index (χ0n) is 12.2. The molecule has 0 fully saturated rings. The molecule has 0 saturated heterocycles. The molecule has 0 aliphatic carbocycles. The lowest BCUT2D eigenvalue weighted by Gasteiger charge is -2.24. The lowest BCUT2D eigenvalue weighted by molar-refractivity contribution is -0.482. The van der Waals surface area contributed by atoms with Gasteiger partial charge in [0.2, 0.25) is 12.5 Å². The van der Waals surface area contributed by atoms with Gasteiger partial charge in [-0.15, -0.1) is 0 Å². The van der Waals surface area contributed by atoms with Crippen molar-refractivity contribution in [2.45, 2.75) is 39.0 Å². The number of nitrogens with zero attached hydrogens (tertiary/aromatic N) is 1. The quantitative estimate of drug-likeness (QED) is 0.640. The molecule has 0 bridgehead atoms. The molecule has 0 aromatic heterocycles. The first-order valence-corrected chi connectivity index (χ1v) is 7.38. The van der Waals surface area contributed by atoms with E-state index in [1.54, 1.807) is 12.1 Å². The monoisotopic (exact) mass is 310 g/mol. The number of hydrogen-bond acceptors (Lipinski definition) is 3. The van der Waals surface area contributed by atoms with E-state index in [9.17, 15) is 14.9 Å². The highest BCUT2D eigenvalue weighted by molar-refractivity contribution is 6.31. The highest BCUT2D eigenvalue weighted by Crippen LogP contribution is 2.39. The summed E-state index contributed by atoms with van der Waals surface area (Å²) in [5.74, 6) is -0.204. The Labute approximate surface area is 128 Å². The largest absolute Gasteiger partial charge is 0.325 e. The molecule has 1 aliphatic heterocycles. The number of carbonyl (C=O) groups is 1. The number of nitro groups is 1. The normalized spacial score (nSPS) is 17.5. The summed E-state index contributed by atoms with van der Waals surface area (Å²) in [6, 6.07) is 5.42. The fourth-order valence-corrected chi connectivity index (χ4v) is 2.81. The van der Waals surface area contributed by atoms with Gasteiger partial charge >= 0.3 is 0 Å². The van der Waals surface area contributed by atoms with Gasteiger partial charge in [0.25, 0.3) is 0 Å². The minimum atomic E-state index is -0.290. The van der Waals surface area contributed by atoms with E-state index in [0.29, 0.717) is 17.9 Å². The van der Waals surface area contributed by atoms with E-state index in [1.807, 2.05) is 19.9 Å². The molecule has 1 amide bonds. The van der Waals surface area contributed by atoms with E-state index in [-0.39, 0.29) is 28.7 Å². The number of hydrogen-bond donors (Lipinski definition) is 1. The van der Waals surface area contributed by atoms with Crippen molar-refractivity contribution in [2.75, 3.05) is 11.9 Å². The fourth-order valence-electron chi connectivity index (χ4n) is 2.64. The molecular formula is C15H19ClN2O3. The summed E-state index contributed by atoms with van der Waals surface area (Å²) in [7, 11) is 0. The Hall–Kier alpha value is -1.62. The number of benzene rings is 1. The molecule has 1 heterocycles. The zero-order valence-corrected chi connectivity index (χ0v) is 12.9. The third-order valence-electron chi connectivity index (χ3n) is 4.05. The smallest absolute Gasteiger partial charge is 0.232 e. The topological polar surface area (TPSA) is 72.2 Å². The van der Waals surface area contributed by atoms with Gasteiger partial charge in [-0.2, -0.15) is 0 Å². The first-order valence-electron chi connectivity index (χ1n) is 7.01. The second-order valence-corrected chi connectivity index (χ2v) is 6.72. The predicted molar refractivity (Wildman–Crippen MR) is 82.3 cm³/mol. The van der Waals surface area contributed by atoms with Gasteiger partial charge in [0, 0.05) is 22.1 Å². The second kappa shape index (κ2) is 6.02. The van der Waals surface area contributed by atoms with E-state index in [0.717, 1.165) is 17.7 Å². The Balaban J connectivity index is 2.01. The van der Waals surface area contributed by atoms with Crippen LogP contribution in [0.4, 0.5) is 5.69 Å². The van der Waals surface area contributed by atoms with Crippen molar-refractivity contribution in [2.24, 2.45) is 5.41 Å². The molecule has 1 aromatic rings. The average molecular weight is 311 g/mol. The summed E-state index contributed by atoms with van der Waals surface area (Å²) in [5.41, 5.74) is 1.60. The van der Waals surface area contributed by atoms with Gasteiger partial charge in [0.1, 0.15) is 0 Å². The molecule has 1 aromatic carbocycles. The highest BCUT2D eigenvalue weighted by atomic mass is 35.5. The Morgan fingerprint density at radius 1 is 1.38 bits per heavy atom. The van der Waals surface area contributed by atoms with E-state index in [4.69, 9.17) is 11.6 Å². The number of nitrogens with one attached hydrogen (secondary N) is 1. The van der Waals surface area contributed by atoms with Crippen LogP contribution in [0.5, 0.6) is 0 Å². The van der Waals surface area contributed by atoms with Crippen molar-refractivity contribution < 1.29 is 9.72 Å². The molecule has 0 spiro atoms. The summed E-state index contributed by atoms with van der Waals surface area (Å²) >= 11 is 5.92. The van der Waals surface area contributed by atoms with Crippen molar-refractivity contribution in [3.63, 3.8) is 0 Å². The minimum absolute atomic E-state index is 0.0163. The standard InChI is InChI=1S/C15H19ClN2O3/c1-15(2,7-8-18(20)21)6-5-12-11-4-3-10(16)9-13(11)17-14(12)19/h3-4,9,12H,5-8H2,1-2H3,(H,17,19). The van der Waals surface area contributed by atoms with Crippen LogP contribution in [0.25, 0.3) is 0 Å². The first-order chi connectivity index (χ1) is 9.78. The molecule has 114 valence electrons. The third kappa shape index (κ3) is 3.94. The summed E-state index contributed by atoms with van der Waals surface area (Å²) in [6.07, 6.45) is 1.97. The molecule has 1 N–H and O–H groups in total. The molecule has 1 aliphatic rings. The maximum absolute atomic E-state index is 12.1. The van der Waals surface area contributed by atoms with Crippen LogP contribution in [0, 0.1) is 15.5 Å². The fraction of sp³-hybridized carbons (Fsp3) is 0.533. The number of halogens is 1. The van der Waals surface area contributed by atoms with Crippen LogP contribution in [-0.4, -0.2) is 17.4 Å². The number of anilines is 1. The Morgan fingerprint density at radius 2 is 2.10 bits per heavy atom. The van der Waals surface area contributed by atoms with Gasteiger partial charge in [0.05, 0.1) is 5.92 Å². The molecule has 2 rings (SSSR count). The van der Waals surface area contributed by atoms with Crippen LogP contribution in [0.3, 0.4) is 0 Å². The van der Waals surface area contributed by atoms with Crippen molar-refractivity contribution in [3.8, 4) is 0 Å². The SMILES string of the molecule is CC(C)(CCC1C(=O)Nc2cc(Cl)ccc21)CC[N+](=O)[O-]. The van der Waals surface area contributed by atoms with E-state index in [2.05, 4.69) is 5.32 Å². The highest BCUT2D eigenvalue weighted by Gasteiger charge is 2.32. The first kappa shape index (κ1) is 15.8. The van der Waals surface area contributed by atoms with Crippen LogP contribution in [-0.2, 0) is 4.79 Å². The summed E-state index contributed by atoms with van der Waals surface area (Å²) in [6.45, 7) is 3.98. The summed E-state index contributed by atoms with van der Waals surface area (Å²) < 4.78 is 0. The van der Waals surface area contributed by atoms with E-state index < -0.39 is 0 Å². The van der Waals surface area contributed by atoms with Crippen molar-refractivity contribution >= 4 is 23.2 Å². The van der Waals surface area contributed by atoms with Crippen molar-refractivity contribution in [1.29, 1.82) is 0 Å². The number of carbonyl (C=O) groups excluding carboxylic acids is 1. The van der Waals surface area contributed by atoms with Gasteiger partial charge in [-0.05, 0) is 36.0 Å². The van der Waals surface area contributed by atoms with Crippen LogP contribution in [0.15, 0.2) is 18.2 Å². The third-order valence-corrected chi connectivity index (χ3v) is 4.28. The van der Waals surface area contributed by atoms with Gasteiger partial charge in [-0.3, -0.25) is 14.9 Å². The lowest BCUT2D eigenvalue weighted by Crippen LogP contribution is -2.20. The molecule has 1 atom stereocenters. The molecular weight excluding hydrogens is 292 g/mol. The van der Waals surface area contributed by atoms with Crippen LogP contribution < -0.4 is 5.32 Å². The van der Waals surface area contributed by atoms with Crippen molar-refractivity contribution in [1.82, 2.24) is 0 Å². The Kier molecular flexibility index (Phi) is 4.52. The van der Waals surface area contributed by atoms with Crippen molar-refractivity contribution in [3.05, 3.63) is 38.9 Å². The number of amides is 1. The van der Waals surface area contributed by atoms with Crippen LogP contribution in [0.1, 0.15) is 44.6 Å². The number of fused-ring (bicyclic) bond motifs is 1. The summed E-state index contributed by atoms with van der Waals surface area (Å²) in [4.78, 5) is 22.3. The molecule has 21 heavy (non-hydrogen) atoms. The summed E-state index contributed by atoms with van der Waals surface area (Å²) in [5, 5.41) is 13.9. The molecule has 0 saturated carbocycles. The second-order valence-electron chi connectivity index (χ2n) is 6.28. The van der Waals surface area contributed by atoms with Gasteiger partial charge in [0.15, 0.2) is 0 Å². The Bertz CT molecular complexity index is 572. The Morgan fingerprint density at radius 3 is 2.76 bits per heavy atom. The van der Waals surface area contributed by atoms with Gasteiger partial charge < -0.3 is 5.32 Å². The maximum atomic E-state index is 12.1. The minimum Gasteiger partial charge on any atom is -0.325 e. The van der Waals surface area contributed by atoms with E-state index in [1.165, 1.54) is 0 Å². The van der Waals surface area contributed by atoms with Crippen LogP contribution in [0.2, 0.25) is 5.02 Å². The predicted octanol–water partition coefficient (Wildman–Crippen LogP) is 3.85. The average Bonchev–Trinajstić information content (AvgIpc) is 2.69. The molecule has 5 nitrogen and oxygen atoms in total. The molecule has 0 radical (unpaired) electrons. The molecule has 1 unspecified atom stereocenters. The van der Waals surface area contributed by atoms with Crippen LogP contribution >= 0.6 is 11.6 Å². The lowest BCUT2D eigenvalue weighted by atomic mass is 9.81. The molecule has 6 heteroatoms. The zero-order chi connectivity index (χ0) is 15.6. The van der Waals surface area contributed by atoms with Gasteiger partial charge in [-0.1, -0.05) is 31.5 Å².